The molecule has 3 aliphatic rings. The van der Waals surface area contributed by atoms with Gasteiger partial charge in [0, 0.05) is 6.61 Å². The van der Waals surface area contributed by atoms with Crippen molar-refractivity contribution in [3.8, 4) is 0 Å². The molecule has 3 aliphatic heterocycles. The molecule has 0 amide bonds. The van der Waals surface area contributed by atoms with Crippen molar-refractivity contribution >= 4 is 0 Å². The second-order valence-electron chi connectivity index (χ2n) is 7.64. The molecular formula is C17H30O6. The third kappa shape index (κ3) is 3.89. The summed E-state index contributed by atoms with van der Waals surface area (Å²) in [6.07, 6.45) is 3.31. The molecule has 6 nitrogen and oxygen atoms in total. The smallest absolute Gasteiger partial charge is 0.164 e. The first-order valence-corrected chi connectivity index (χ1v) is 8.75. The molecule has 0 saturated carbocycles. The Labute approximate surface area is 138 Å². The molecule has 134 valence electrons. The summed E-state index contributed by atoms with van der Waals surface area (Å²) >= 11 is 0. The second-order valence-corrected chi connectivity index (χ2v) is 7.64. The van der Waals surface area contributed by atoms with E-state index in [2.05, 4.69) is 0 Å². The van der Waals surface area contributed by atoms with Gasteiger partial charge in [-0.2, -0.15) is 0 Å². The van der Waals surface area contributed by atoms with Gasteiger partial charge in [-0.3, -0.25) is 0 Å². The van der Waals surface area contributed by atoms with E-state index in [1.165, 1.54) is 0 Å². The lowest BCUT2D eigenvalue weighted by Crippen LogP contribution is -2.40. The highest BCUT2D eigenvalue weighted by atomic mass is 16.8. The van der Waals surface area contributed by atoms with Crippen LogP contribution in [0.5, 0.6) is 0 Å². The fourth-order valence-corrected chi connectivity index (χ4v) is 3.76. The van der Waals surface area contributed by atoms with E-state index in [1.54, 1.807) is 0 Å². The van der Waals surface area contributed by atoms with E-state index in [4.69, 9.17) is 28.8 Å². The summed E-state index contributed by atoms with van der Waals surface area (Å²) in [6.45, 7) is 8.49. The van der Waals surface area contributed by atoms with Gasteiger partial charge in [-0.15, -0.1) is 0 Å². The molecule has 0 bridgehead atoms. The molecule has 0 aromatic heterocycles. The molecule has 0 aromatic rings. The minimum Gasteiger partial charge on any atom is -0.396 e. The van der Waals surface area contributed by atoms with E-state index >= 15 is 0 Å². The predicted molar refractivity (Wildman–Crippen MR) is 82.9 cm³/mol. The van der Waals surface area contributed by atoms with Gasteiger partial charge in [0.05, 0.1) is 12.7 Å². The SMILES string of the molecule is CC1(C)O[C@@H]2[C@H](O1)[C@@H](CCCCCO)O[C@@H]2[C@H]1COC(C)(C)O1. The number of ether oxygens (including phenoxy) is 5. The van der Waals surface area contributed by atoms with Crippen molar-refractivity contribution < 1.29 is 28.8 Å². The van der Waals surface area contributed by atoms with Crippen LogP contribution in [0, 0.1) is 0 Å². The van der Waals surface area contributed by atoms with Gasteiger partial charge in [-0.05, 0) is 40.5 Å². The Hall–Kier alpha value is -0.240. The van der Waals surface area contributed by atoms with Crippen molar-refractivity contribution in [2.24, 2.45) is 0 Å². The Balaban J connectivity index is 1.64. The van der Waals surface area contributed by atoms with E-state index in [0.29, 0.717) is 6.61 Å². The van der Waals surface area contributed by atoms with Crippen molar-refractivity contribution in [2.75, 3.05) is 13.2 Å². The molecule has 1 N–H and O–H groups in total. The Morgan fingerprint density at radius 3 is 2.26 bits per heavy atom. The monoisotopic (exact) mass is 330 g/mol. The van der Waals surface area contributed by atoms with Gasteiger partial charge in [0.1, 0.15) is 24.4 Å². The van der Waals surface area contributed by atoms with Crippen LogP contribution in [-0.2, 0) is 23.7 Å². The quantitative estimate of drug-likeness (QED) is 0.751. The fourth-order valence-electron chi connectivity index (χ4n) is 3.76. The van der Waals surface area contributed by atoms with Crippen molar-refractivity contribution in [3.05, 3.63) is 0 Å². The normalized spacial score (nSPS) is 41.3. The fraction of sp³-hybridized carbons (Fsp3) is 1.00. The third-order valence-electron chi connectivity index (χ3n) is 4.73. The molecule has 0 spiro atoms. The zero-order valence-electron chi connectivity index (χ0n) is 14.6. The molecule has 0 aromatic carbocycles. The summed E-state index contributed by atoms with van der Waals surface area (Å²) in [7, 11) is 0. The van der Waals surface area contributed by atoms with Gasteiger partial charge in [0.25, 0.3) is 0 Å². The van der Waals surface area contributed by atoms with Crippen LogP contribution in [0.4, 0.5) is 0 Å². The molecule has 0 aliphatic carbocycles. The van der Waals surface area contributed by atoms with E-state index in [1.807, 2.05) is 27.7 Å². The van der Waals surface area contributed by atoms with E-state index < -0.39 is 11.6 Å². The van der Waals surface area contributed by atoms with Crippen LogP contribution < -0.4 is 0 Å². The number of rotatable bonds is 6. The summed E-state index contributed by atoms with van der Waals surface area (Å²) in [5.74, 6) is -1.16. The number of hydrogen-bond donors (Lipinski definition) is 1. The molecule has 0 radical (unpaired) electrons. The average molecular weight is 330 g/mol. The van der Waals surface area contributed by atoms with E-state index in [9.17, 15) is 0 Å². The topological polar surface area (TPSA) is 66.4 Å². The van der Waals surface area contributed by atoms with Crippen LogP contribution >= 0.6 is 0 Å². The maximum absolute atomic E-state index is 8.91. The molecular weight excluding hydrogens is 300 g/mol. The standard InChI is InChI=1S/C17H30O6/c1-16(2)19-10-12(21-16)13-15-14(22-17(3,4)23-15)11(20-13)8-6-5-7-9-18/h11-15,18H,5-10H2,1-4H3/t11-,12-,13-,14-,15+/m1/s1. The van der Waals surface area contributed by atoms with Crippen LogP contribution in [-0.4, -0.2) is 60.4 Å². The molecule has 23 heavy (non-hydrogen) atoms. The predicted octanol–water partition coefficient (Wildman–Crippen LogP) is 1.98. The molecule has 3 saturated heterocycles. The van der Waals surface area contributed by atoms with Crippen LogP contribution in [0.1, 0.15) is 53.4 Å². The van der Waals surface area contributed by atoms with Gasteiger partial charge in [-0.25, -0.2) is 0 Å². The van der Waals surface area contributed by atoms with Crippen molar-refractivity contribution in [3.63, 3.8) is 0 Å². The van der Waals surface area contributed by atoms with Gasteiger partial charge in [0.15, 0.2) is 11.6 Å². The first kappa shape index (κ1) is 17.6. The molecule has 3 heterocycles. The zero-order valence-corrected chi connectivity index (χ0v) is 14.6. The Bertz CT molecular complexity index is 410. The highest BCUT2D eigenvalue weighted by Crippen LogP contribution is 2.43. The molecule has 5 atom stereocenters. The van der Waals surface area contributed by atoms with E-state index in [0.717, 1.165) is 25.7 Å². The highest BCUT2D eigenvalue weighted by molar-refractivity contribution is 5.01. The molecule has 3 fully saturated rings. The van der Waals surface area contributed by atoms with E-state index in [-0.39, 0.29) is 37.1 Å². The van der Waals surface area contributed by atoms with Crippen LogP contribution in [0.2, 0.25) is 0 Å². The first-order chi connectivity index (χ1) is 10.8. The minimum absolute atomic E-state index is 0.0118. The number of fused-ring (bicyclic) bond motifs is 1. The Kier molecular flexibility index (Phi) is 5.03. The van der Waals surface area contributed by atoms with Gasteiger partial charge >= 0.3 is 0 Å². The lowest BCUT2D eigenvalue weighted by Gasteiger charge is -2.27. The second kappa shape index (κ2) is 6.58. The summed E-state index contributed by atoms with van der Waals surface area (Å²) in [6, 6.07) is 0. The van der Waals surface area contributed by atoms with Crippen LogP contribution in [0.25, 0.3) is 0 Å². The lowest BCUT2D eigenvalue weighted by atomic mass is 10.0. The molecule has 0 unspecified atom stereocenters. The molecule has 3 rings (SSSR count). The highest BCUT2D eigenvalue weighted by Gasteiger charge is 2.58. The lowest BCUT2D eigenvalue weighted by molar-refractivity contribution is -0.206. The Morgan fingerprint density at radius 1 is 0.870 bits per heavy atom. The largest absolute Gasteiger partial charge is 0.396 e. The van der Waals surface area contributed by atoms with Gasteiger partial charge < -0.3 is 28.8 Å². The van der Waals surface area contributed by atoms with Gasteiger partial charge in [0.2, 0.25) is 0 Å². The third-order valence-corrected chi connectivity index (χ3v) is 4.73. The number of unbranched alkanes of at least 4 members (excludes halogenated alkanes) is 2. The number of aliphatic hydroxyl groups is 1. The summed E-state index contributed by atoms with van der Waals surface area (Å²) < 4.78 is 30.1. The first-order valence-electron chi connectivity index (χ1n) is 8.75. The Morgan fingerprint density at radius 2 is 1.61 bits per heavy atom. The van der Waals surface area contributed by atoms with Crippen molar-refractivity contribution in [2.45, 2.75) is 95.5 Å². The van der Waals surface area contributed by atoms with Crippen LogP contribution in [0.3, 0.4) is 0 Å². The summed E-state index contributed by atoms with van der Waals surface area (Å²) in [4.78, 5) is 0. The van der Waals surface area contributed by atoms with Gasteiger partial charge in [-0.1, -0.05) is 12.8 Å². The van der Waals surface area contributed by atoms with Crippen molar-refractivity contribution in [1.29, 1.82) is 0 Å². The summed E-state index contributed by atoms with van der Waals surface area (Å²) in [5.41, 5.74) is 0. The molecule has 6 heteroatoms. The number of aliphatic hydroxyl groups excluding tert-OH is 1. The zero-order chi connectivity index (χ0) is 16.7. The minimum atomic E-state index is -0.588. The summed E-state index contributed by atoms with van der Waals surface area (Å²) in [5, 5.41) is 8.91. The van der Waals surface area contributed by atoms with Crippen LogP contribution in [0.15, 0.2) is 0 Å². The van der Waals surface area contributed by atoms with Crippen molar-refractivity contribution in [1.82, 2.24) is 0 Å². The maximum Gasteiger partial charge on any atom is 0.164 e. The average Bonchev–Trinajstić information content (AvgIpc) is 3.06. The number of hydrogen-bond acceptors (Lipinski definition) is 6. The maximum atomic E-state index is 8.91.